The first-order chi connectivity index (χ1) is 9.06. The van der Waals surface area contributed by atoms with E-state index >= 15 is 0 Å². The first-order valence-corrected chi connectivity index (χ1v) is 7.79. The van der Waals surface area contributed by atoms with E-state index < -0.39 is 0 Å². The molecule has 0 saturated heterocycles. The Morgan fingerprint density at radius 2 is 1.58 bits per heavy atom. The van der Waals surface area contributed by atoms with Crippen molar-refractivity contribution in [2.75, 3.05) is 0 Å². The van der Waals surface area contributed by atoms with Crippen molar-refractivity contribution in [3.05, 3.63) is 68.3 Å². The molecule has 2 rings (SSSR count). The molecule has 1 nitrogen and oxygen atoms in total. The first-order valence-electron chi connectivity index (χ1n) is 6.33. The van der Waals surface area contributed by atoms with Crippen LogP contribution in [-0.4, -0.2) is 0 Å². The minimum atomic E-state index is 0.271. The van der Waals surface area contributed by atoms with Crippen molar-refractivity contribution in [1.29, 1.82) is 0 Å². The van der Waals surface area contributed by atoms with Crippen LogP contribution in [0.2, 0.25) is 5.02 Å². The molecular formula is C16H17ClIN. The van der Waals surface area contributed by atoms with Crippen LogP contribution in [-0.2, 0) is 0 Å². The molecule has 3 heteroatoms. The molecular weight excluding hydrogens is 369 g/mol. The number of halogens is 2. The molecule has 0 aliphatic heterocycles. The smallest absolute Gasteiger partial charge is 0.0409 e. The summed E-state index contributed by atoms with van der Waals surface area (Å²) in [7, 11) is 0. The molecule has 0 aliphatic carbocycles. The SMILES string of the molecule is CC(N[C@@H](C)c1cccc(Cl)c1)c1ccc(I)cc1. The number of nitrogens with one attached hydrogen (secondary N) is 1. The van der Waals surface area contributed by atoms with Gasteiger partial charge in [-0.15, -0.1) is 0 Å². The van der Waals surface area contributed by atoms with Crippen LogP contribution < -0.4 is 5.32 Å². The Morgan fingerprint density at radius 1 is 0.947 bits per heavy atom. The molecule has 1 unspecified atom stereocenters. The van der Waals surface area contributed by atoms with Gasteiger partial charge in [-0.05, 0) is 71.8 Å². The molecule has 0 amide bonds. The molecule has 0 radical (unpaired) electrons. The molecule has 0 spiro atoms. The molecule has 1 N–H and O–H groups in total. The van der Waals surface area contributed by atoms with Crippen LogP contribution in [0.25, 0.3) is 0 Å². The zero-order valence-corrected chi connectivity index (χ0v) is 13.9. The van der Waals surface area contributed by atoms with E-state index in [1.54, 1.807) is 0 Å². The lowest BCUT2D eigenvalue weighted by Gasteiger charge is -2.21. The molecule has 0 aromatic heterocycles. The molecule has 100 valence electrons. The fourth-order valence-electron chi connectivity index (χ4n) is 2.09. The second-order valence-corrected chi connectivity index (χ2v) is 6.40. The molecule has 0 aliphatic rings. The van der Waals surface area contributed by atoms with Gasteiger partial charge < -0.3 is 5.32 Å². The molecule has 2 atom stereocenters. The average molecular weight is 386 g/mol. The lowest BCUT2D eigenvalue weighted by atomic mass is 10.0. The first kappa shape index (κ1) is 14.8. The number of hydrogen-bond donors (Lipinski definition) is 1. The van der Waals surface area contributed by atoms with Crippen molar-refractivity contribution < 1.29 is 0 Å². The minimum Gasteiger partial charge on any atom is -0.304 e. The van der Waals surface area contributed by atoms with E-state index in [-0.39, 0.29) is 6.04 Å². The summed E-state index contributed by atoms with van der Waals surface area (Å²) in [5.74, 6) is 0. The van der Waals surface area contributed by atoms with Crippen LogP contribution in [0.4, 0.5) is 0 Å². The highest BCUT2D eigenvalue weighted by atomic mass is 127. The van der Waals surface area contributed by atoms with Gasteiger partial charge in [0.05, 0.1) is 0 Å². The van der Waals surface area contributed by atoms with E-state index in [0.29, 0.717) is 6.04 Å². The Labute approximate surface area is 133 Å². The fourth-order valence-corrected chi connectivity index (χ4v) is 2.65. The van der Waals surface area contributed by atoms with Crippen LogP contribution in [0.5, 0.6) is 0 Å². The molecule has 2 aromatic carbocycles. The number of hydrogen-bond acceptors (Lipinski definition) is 1. The molecule has 19 heavy (non-hydrogen) atoms. The van der Waals surface area contributed by atoms with E-state index in [2.05, 4.69) is 72.1 Å². The third-order valence-corrected chi connectivity index (χ3v) is 4.17. The van der Waals surface area contributed by atoms with Crippen molar-refractivity contribution in [2.24, 2.45) is 0 Å². The van der Waals surface area contributed by atoms with Crippen LogP contribution in [0.15, 0.2) is 48.5 Å². The zero-order valence-electron chi connectivity index (χ0n) is 11.0. The second kappa shape index (κ2) is 6.73. The van der Waals surface area contributed by atoms with Crippen molar-refractivity contribution in [1.82, 2.24) is 5.32 Å². The highest BCUT2D eigenvalue weighted by Crippen LogP contribution is 2.22. The fraction of sp³-hybridized carbons (Fsp3) is 0.250. The van der Waals surface area contributed by atoms with Crippen molar-refractivity contribution in [3.63, 3.8) is 0 Å². The monoisotopic (exact) mass is 385 g/mol. The van der Waals surface area contributed by atoms with E-state index in [1.165, 1.54) is 14.7 Å². The van der Waals surface area contributed by atoms with Crippen LogP contribution >= 0.6 is 34.2 Å². The molecule has 0 saturated carbocycles. The number of benzene rings is 2. The normalized spacial score (nSPS) is 14.1. The Hall–Kier alpha value is -0.580. The standard InChI is InChI=1S/C16H17ClIN/c1-11(13-6-8-16(18)9-7-13)19-12(2)14-4-3-5-15(17)10-14/h3-12,19H,1-2H3/t11?,12-/m0/s1. The van der Waals surface area contributed by atoms with Gasteiger partial charge in [-0.3, -0.25) is 0 Å². The van der Waals surface area contributed by atoms with Gasteiger partial charge in [0.25, 0.3) is 0 Å². The Kier molecular flexibility index (Phi) is 5.25. The topological polar surface area (TPSA) is 12.0 Å². The van der Waals surface area contributed by atoms with E-state index in [1.807, 2.05) is 18.2 Å². The average Bonchev–Trinajstić information content (AvgIpc) is 2.39. The van der Waals surface area contributed by atoms with E-state index in [4.69, 9.17) is 11.6 Å². The Morgan fingerprint density at radius 3 is 2.21 bits per heavy atom. The summed E-state index contributed by atoms with van der Waals surface area (Å²) < 4.78 is 1.26. The molecule has 2 aromatic rings. The summed E-state index contributed by atoms with van der Waals surface area (Å²) in [5, 5.41) is 4.38. The Balaban J connectivity index is 2.06. The maximum Gasteiger partial charge on any atom is 0.0409 e. The predicted octanol–water partition coefficient (Wildman–Crippen LogP) is 5.36. The van der Waals surface area contributed by atoms with Gasteiger partial charge in [0.2, 0.25) is 0 Å². The van der Waals surface area contributed by atoms with Gasteiger partial charge in [0, 0.05) is 20.7 Å². The quantitative estimate of drug-likeness (QED) is 0.699. The highest BCUT2D eigenvalue weighted by molar-refractivity contribution is 14.1. The molecule has 0 bridgehead atoms. The lowest BCUT2D eigenvalue weighted by Crippen LogP contribution is -2.22. The van der Waals surface area contributed by atoms with Crippen molar-refractivity contribution in [3.8, 4) is 0 Å². The largest absolute Gasteiger partial charge is 0.304 e. The van der Waals surface area contributed by atoms with Gasteiger partial charge in [-0.25, -0.2) is 0 Å². The minimum absolute atomic E-state index is 0.271. The van der Waals surface area contributed by atoms with Crippen LogP contribution in [0, 0.1) is 3.57 Å². The maximum absolute atomic E-state index is 6.03. The van der Waals surface area contributed by atoms with Crippen LogP contribution in [0.3, 0.4) is 0 Å². The Bertz CT molecular complexity index is 539. The van der Waals surface area contributed by atoms with Crippen molar-refractivity contribution in [2.45, 2.75) is 25.9 Å². The van der Waals surface area contributed by atoms with Gasteiger partial charge in [0.15, 0.2) is 0 Å². The number of rotatable bonds is 4. The highest BCUT2D eigenvalue weighted by Gasteiger charge is 2.11. The summed E-state index contributed by atoms with van der Waals surface area (Å²) >= 11 is 8.35. The van der Waals surface area contributed by atoms with Gasteiger partial charge in [-0.1, -0.05) is 35.9 Å². The third-order valence-electron chi connectivity index (χ3n) is 3.22. The van der Waals surface area contributed by atoms with E-state index in [0.717, 1.165) is 5.02 Å². The zero-order chi connectivity index (χ0) is 13.8. The van der Waals surface area contributed by atoms with Gasteiger partial charge in [0.1, 0.15) is 0 Å². The summed E-state index contributed by atoms with van der Waals surface area (Å²) in [6.45, 7) is 4.35. The maximum atomic E-state index is 6.03. The predicted molar refractivity (Wildman–Crippen MR) is 90.6 cm³/mol. The second-order valence-electron chi connectivity index (χ2n) is 4.72. The van der Waals surface area contributed by atoms with Crippen LogP contribution in [0.1, 0.15) is 37.1 Å². The van der Waals surface area contributed by atoms with E-state index in [9.17, 15) is 0 Å². The molecule has 0 fully saturated rings. The summed E-state index contributed by atoms with van der Waals surface area (Å²) in [6.07, 6.45) is 0. The summed E-state index contributed by atoms with van der Waals surface area (Å²) in [4.78, 5) is 0. The third kappa shape index (κ3) is 4.20. The van der Waals surface area contributed by atoms with Crippen molar-refractivity contribution >= 4 is 34.2 Å². The van der Waals surface area contributed by atoms with Gasteiger partial charge >= 0.3 is 0 Å². The summed E-state index contributed by atoms with van der Waals surface area (Å²) in [6, 6.07) is 17.2. The van der Waals surface area contributed by atoms with Gasteiger partial charge in [-0.2, -0.15) is 0 Å². The summed E-state index contributed by atoms with van der Waals surface area (Å²) in [5.41, 5.74) is 2.51. The molecule has 0 heterocycles. The lowest BCUT2D eigenvalue weighted by molar-refractivity contribution is 0.494.